The number of carbonyl (C=O) groups excluding carboxylic acids is 1. The molecule has 2 aromatic heterocycles. The van der Waals surface area contributed by atoms with Crippen LogP contribution >= 0.6 is 11.3 Å². The summed E-state index contributed by atoms with van der Waals surface area (Å²) < 4.78 is 51.2. The molecule has 2 N–H and O–H groups in total. The van der Waals surface area contributed by atoms with Crippen molar-refractivity contribution in [2.75, 3.05) is 14.2 Å². The van der Waals surface area contributed by atoms with E-state index in [0.29, 0.717) is 32.7 Å². The number of amides is 1. The number of para-hydroxylation sites is 1. The van der Waals surface area contributed by atoms with E-state index < -0.39 is 35.4 Å². The van der Waals surface area contributed by atoms with Gasteiger partial charge in [0.1, 0.15) is 16.3 Å². The number of benzene rings is 1. The number of aromatic nitrogens is 2. The summed E-state index contributed by atoms with van der Waals surface area (Å²) in [7, 11) is 2.94. The van der Waals surface area contributed by atoms with Gasteiger partial charge in [-0.3, -0.25) is 14.2 Å². The summed E-state index contributed by atoms with van der Waals surface area (Å²) in [6, 6.07) is 6.57. The fraction of sp³-hybridized carbons (Fsp3) is 0.211. The number of thiazole rings is 1. The van der Waals surface area contributed by atoms with Gasteiger partial charge in [-0.1, -0.05) is 6.07 Å². The highest BCUT2D eigenvalue weighted by Crippen LogP contribution is 2.39. The third-order valence-electron chi connectivity index (χ3n) is 4.24. The van der Waals surface area contributed by atoms with Crippen LogP contribution in [-0.4, -0.2) is 29.7 Å². The molecule has 3 aromatic rings. The van der Waals surface area contributed by atoms with Crippen LogP contribution in [0.3, 0.4) is 0 Å². The van der Waals surface area contributed by atoms with Gasteiger partial charge in [-0.2, -0.15) is 13.2 Å². The van der Waals surface area contributed by atoms with Gasteiger partial charge in [-0.25, -0.2) is 4.98 Å². The quantitative estimate of drug-likeness (QED) is 0.637. The Labute approximate surface area is 172 Å². The molecule has 0 saturated carbocycles. The Kier molecular flexibility index (Phi) is 5.83. The molecule has 2 heterocycles. The molecule has 30 heavy (non-hydrogen) atoms. The van der Waals surface area contributed by atoms with Crippen LogP contribution in [0.4, 0.5) is 13.2 Å². The first-order valence-corrected chi connectivity index (χ1v) is 9.32. The lowest BCUT2D eigenvalue weighted by Crippen LogP contribution is -2.34. The summed E-state index contributed by atoms with van der Waals surface area (Å²) in [5.74, 6) is -0.219. The van der Waals surface area contributed by atoms with Gasteiger partial charge in [0.15, 0.2) is 11.5 Å². The zero-order valence-corrected chi connectivity index (χ0v) is 16.6. The molecule has 0 fully saturated rings. The van der Waals surface area contributed by atoms with E-state index in [2.05, 4.69) is 4.98 Å². The lowest BCUT2D eigenvalue weighted by Gasteiger charge is -2.15. The Bertz CT molecular complexity index is 1150. The van der Waals surface area contributed by atoms with Crippen molar-refractivity contribution in [1.29, 1.82) is 0 Å². The minimum atomic E-state index is -4.80. The molecule has 11 heteroatoms. The molecule has 0 radical (unpaired) electrons. The van der Waals surface area contributed by atoms with Crippen LogP contribution in [0.5, 0.6) is 11.5 Å². The zero-order chi connectivity index (χ0) is 22.1. The molecule has 158 valence electrons. The van der Waals surface area contributed by atoms with Gasteiger partial charge in [0.25, 0.3) is 11.5 Å². The van der Waals surface area contributed by atoms with E-state index in [-0.39, 0.29) is 5.69 Å². The summed E-state index contributed by atoms with van der Waals surface area (Å²) in [5.41, 5.74) is 3.02. The predicted octanol–water partition coefficient (Wildman–Crippen LogP) is 3.16. The fourth-order valence-corrected chi connectivity index (χ4v) is 3.72. The maximum absolute atomic E-state index is 13.4. The van der Waals surface area contributed by atoms with Crippen LogP contribution in [-0.2, 0) is 12.7 Å². The summed E-state index contributed by atoms with van der Waals surface area (Å²) in [6.07, 6.45) is -4.80. The molecule has 0 saturated heterocycles. The van der Waals surface area contributed by atoms with Crippen molar-refractivity contribution in [3.8, 4) is 22.1 Å². The first-order chi connectivity index (χ1) is 14.2. The molecule has 0 unspecified atom stereocenters. The number of primary amides is 1. The second-order valence-electron chi connectivity index (χ2n) is 6.07. The molecule has 0 aliphatic carbocycles. The predicted molar refractivity (Wildman–Crippen MR) is 104 cm³/mol. The molecule has 1 aromatic carbocycles. The second-order valence-corrected chi connectivity index (χ2v) is 6.93. The van der Waals surface area contributed by atoms with Crippen LogP contribution in [0.1, 0.15) is 21.7 Å². The number of carbonyl (C=O) groups is 1. The van der Waals surface area contributed by atoms with Crippen molar-refractivity contribution in [2.24, 2.45) is 5.73 Å². The van der Waals surface area contributed by atoms with Gasteiger partial charge in [-0.05, 0) is 24.3 Å². The van der Waals surface area contributed by atoms with Gasteiger partial charge >= 0.3 is 6.18 Å². The number of rotatable bonds is 6. The molecular formula is C19H16F3N3O4S. The van der Waals surface area contributed by atoms with Crippen LogP contribution < -0.4 is 20.8 Å². The van der Waals surface area contributed by atoms with Gasteiger partial charge in [-0.15, -0.1) is 11.3 Å². The lowest BCUT2D eigenvalue weighted by molar-refractivity contribution is -0.144. The minimum Gasteiger partial charge on any atom is -0.493 e. The number of pyridine rings is 1. The first-order valence-electron chi connectivity index (χ1n) is 8.44. The average molecular weight is 439 g/mol. The molecule has 1 amide bonds. The molecule has 0 bridgehead atoms. The Balaban J connectivity index is 2.06. The van der Waals surface area contributed by atoms with Crippen molar-refractivity contribution in [3.05, 3.63) is 63.0 Å². The van der Waals surface area contributed by atoms with Crippen molar-refractivity contribution in [3.63, 3.8) is 0 Å². The van der Waals surface area contributed by atoms with E-state index in [1.807, 2.05) is 0 Å². The normalized spacial score (nSPS) is 11.4. The smallest absolute Gasteiger partial charge is 0.431 e. The second kappa shape index (κ2) is 8.19. The summed E-state index contributed by atoms with van der Waals surface area (Å²) in [6.45, 7) is -0.489. The largest absolute Gasteiger partial charge is 0.493 e. The van der Waals surface area contributed by atoms with Gasteiger partial charge in [0.05, 0.1) is 32.0 Å². The topological polar surface area (TPSA) is 96.4 Å². The standard InChI is InChI=1S/C19H16F3N3O4S/c1-28-13-5-3-4-11(15(13)29-2)17-24-10(9-30-17)8-25-14(19(20,21)22)7-6-12(16(23)26)18(25)27/h3-7,9H,8H2,1-2H3,(H2,23,26). The fourth-order valence-electron chi connectivity index (χ4n) is 2.89. The number of nitrogens with zero attached hydrogens (tertiary/aromatic N) is 2. The van der Waals surface area contributed by atoms with Gasteiger partial charge < -0.3 is 15.2 Å². The monoisotopic (exact) mass is 439 g/mol. The van der Waals surface area contributed by atoms with E-state index in [1.165, 1.54) is 30.9 Å². The summed E-state index contributed by atoms with van der Waals surface area (Å²) in [5, 5.41) is 1.99. The number of ether oxygens (including phenoxy) is 2. The van der Waals surface area contributed by atoms with Crippen LogP contribution in [0.2, 0.25) is 0 Å². The summed E-state index contributed by atoms with van der Waals surface area (Å²) >= 11 is 1.17. The highest BCUT2D eigenvalue weighted by Gasteiger charge is 2.35. The third kappa shape index (κ3) is 4.01. The third-order valence-corrected chi connectivity index (χ3v) is 5.16. The number of hydrogen-bond donors (Lipinski definition) is 1. The Morgan fingerprint density at radius 2 is 1.93 bits per heavy atom. The molecule has 0 atom stereocenters. The zero-order valence-electron chi connectivity index (χ0n) is 15.8. The lowest BCUT2D eigenvalue weighted by atomic mass is 10.2. The Morgan fingerprint density at radius 3 is 2.53 bits per heavy atom. The van der Waals surface area contributed by atoms with Crippen molar-refractivity contribution in [2.45, 2.75) is 12.7 Å². The SMILES string of the molecule is COc1cccc(-c2nc(Cn3c(C(F)(F)F)ccc(C(N)=O)c3=O)cs2)c1OC. The summed E-state index contributed by atoms with van der Waals surface area (Å²) in [4.78, 5) is 28.2. The molecular weight excluding hydrogens is 423 g/mol. The highest BCUT2D eigenvalue weighted by molar-refractivity contribution is 7.13. The number of hydrogen-bond acceptors (Lipinski definition) is 6. The number of methoxy groups -OCH3 is 2. The molecule has 3 rings (SSSR count). The van der Waals surface area contributed by atoms with Crippen molar-refractivity contribution < 1.29 is 27.4 Å². The average Bonchev–Trinajstić information content (AvgIpc) is 3.15. The van der Waals surface area contributed by atoms with Crippen LogP contribution in [0.15, 0.2) is 40.5 Å². The Morgan fingerprint density at radius 1 is 1.20 bits per heavy atom. The first kappa shape index (κ1) is 21.4. The number of halogens is 3. The molecule has 0 aliphatic rings. The minimum absolute atomic E-state index is 0.203. The molecule has 0 aliphatic heterocycles. The van der Waals surface area contributed by atoms with E-state index >= 15 is 0 Å². The molecule has 7 nitrogen and oxygen atoms in total. The maximum Gasteiger partial charge on any atom is 0.431 e. The number of alkyl halides is 3. The van der Waals surface area contributed by atoms with E-state index in [9.17, 15) is 22.8 Å². The van der Waals surface area contributed by atoms with Crippen molar-refractivity contribution in [1.82, 2.24) is 9.55 Å². The van der Waals surface area contributed by atoms with E-state index in [1.54, 1.807) is 18.2 Å². The Hall–Kier alpha value is -3.34. The number of nitrogens with two attached hydrogens (primary N) is 1. The van der Waals surface area contributed by atoms with Gasteiger partial charge in [0, 0.05) is 5.38 Å². The molecule has 0 spiro atoms. The van der Waals surface area contributed by atoms with Crippen LogP contribution in [0, 0.1) is 0 Å². The van der Waals surface area contributed by atoms with Gasteiger partial charge in [0.2, 0.25) is 0 Å². The van der Waals surface area contributed by atoms with E-state index in [0.717, 1.165) is 6.07 Å². The van der Waals surface area contributed by atoms with E-state index in [4.69, 9.17) is 15.2 Å². The highest BCUT2D eigenvalue weighted by atomic mass is 32.1. The van der Waals surface area contributed by atoms with Crippen LogP contribution in [0.25, 0.3) is 10.6 Å². The maximum atomic E-state index is 13.4. The van der Waals surface area contributed by atoms with Crippen molar-refractivity contribution >= 4 is 17.2 Å².